The van der Waals surface area contributed by atoms with Crippen molar-refractivity contribution >= 4 is 23.6 Å². The smallest absolute Gasteiger partial charge is 0.243 e. The topological polar surface area (TPSA) is 50.8 Å². The summed E-state index contributed by atoms with van der Waals surface area (Å²) in [5.74, 6) is 1.09. The molecular formula is C19H25ClN2O3. The minimum Gasteiger partial charge on any atom is -0.454 e. The van der Waals surface area contributed by atoms with Gasteiger partial charge in [0.25, 0.3) is 0 Å². The summed E-state index contributed by atoms with van der Waals surface area (Å²) < 4.78 is 10.6. The van der Waals surface area contributed by atoms with Crippen molar-refractivity contribution in [2.24, 2.45) is 0 Å². The number of rotatable bonds is 6. The van der Waals surface area contributed by atoms with Crippen LogP contribution in [0.4, 0.5) is 0 Å². The van der Waals surface area contributed by atoms with Crippen LogP contribution in [0.5, 0.6) is 11.5 Å². The molecule has 1 fully saturated rings. The van der Waals surface area contributed by atoms with Crippen molar-refractivity contribution in [1.82, 2.24) is 10.2 Å². The molecule has 1 amide bonds. The van der Waals surface area contributed by atoms with Crippen LogP contribution in [0.15, 0.2) is 18.2 Å². The Kier molecular flexibility index (Phi) is 6.59. The molecule has 0 unspecified atom stereocenters. The van der Waals surface area contributed by atoms with Crippen molar-refractivity contribution in [3.8, 4) is 11.5 Å². The number of fused-ring (bicyclic) bond motifs is 1. The van der Waals surface area contributed by atoms with Crippen molar-refractivity contribution in [3.63, 3.8) is 0 Å². The molecule has 0 bridgehead atoms. The summed E-state index contributed by atoms with van der Waals surface area (Å²) in [5.41, 5.74) is 0.814. The average molecular weight is 365 g/mol. The second-order valence-corrected chi connectivity index (χ2v) is 6.88. The molecular weight excluding hydrogens is 340 g/mol. The van der Waals surface area contributed by atoms with E-state index in [1.54, 1.807) is 12.1 Å². The molecule has 2 aliphatic heterocycles. The highest BCUT2D eigenvalue weighted by molar-refractivity contribution is 6.32. The summed E-state index contributed by atoms with van der Waals surface area (Å²) in [6.07, 6.45) is 9.54. The summed E-state index contributed by atoms with van der Waals surface area (Å²) in [7, 11) is 0. The number of amides is 1. The Morgan fingerprint density at radius 2 is 2.00 bits per heavy atom. The van der Waals surface area contributed by atoms with Crippen LogP contribution in [0.25, 0.3) is 6.08 Å². The van der Waals surface area contributed by atoms with Crippen LogP contribution in [0.3, 0.4) is 0 Å². The Morgan fingerprint density at radius 3 is 2.80 bits per heavy atom. The van der Waals surface area contributed by atoms with Crippen LogP contribution >= 0.6 is 11.6 Å². The number of ether oxygens (including phenoxy) is 2. The Balaban J connectivity index is 1.40. The summed E-state index contributed by atoms with van der Waals surface area (Å²) in [6.45, 7) is 4.32. The standard InChI is InChI=1S/C19H25ClN2O3/c20-16-12-15(13-17-19(16)25-14-24-17)6-7-18(23)21-8-5-11-22-9-3-1-2-4-10-22/h6-7,12-13H,1-5,8-11,14H2,(H,21,23)/b7-6+. The number of likely N-dealkylation sites (tertiary alicyclic amines) is 1. The molecule has 0 aromatic heterocycles. The average Bonchev–Trinajstić information content (AvgIpc) is 2.93. The molecule has 0 aliphatic carbocycles. The molecule has 0 spiro atoms. The lowest BCUT2D eigenvalue weighted by Gasteiger charge is -2.19. The minimum atomic E-state index is -0.0929. The highest BCUT2D eigenvalue weighted by Crippen LogP contribution is 2.40. The third-order valence-corrected chi connectivity index (χ3v) is 4.81. The molecule has 0 saturated carbocycles. The first-order valence-corrected chi connectivity index (χ1v) is 9.37. The maximum absolute atomic E-state index is 11.9. The van der Waals surface area contributed by atoms with Crippen LogP contribution in [0.2, 0.25) is 5.02 Å². The lowest BCUT2D eigenvalue weighted by molar-refractivity contribution is -0.116. The number of halogens is 1. The van der Waals surface area contributed by atoms with Gasteiger partial charge in [0.2, 0.25) is 12.7 Å². The Hall–Kier alpha value is -1.72. The number of nitrogens with zero attached hydrogens (tertiary/aromatic N) is 1. The van der Waals surface area contributed by atoms with Gasteiger partial charge in [-0.05, 0) is 62.7 Å². The van der Waals surface area contributed by atoms with Crippen LogP contribution in [-0.2, 0) is 4.79 Å². The van der Waals surface area contributed by atoms with E-state index < -0.39 is 0 Å². The number of hydrogen-bond acceptors (Lipinski definition) is 4. The van der Waals surface area contributed by atoms with E-state index in [1.807, 2.05) is 6.07 Å². The van der Waals surface area contributed by atoms with E-state index in [4.69, 9.17) is 21.1 Å². The fourth-order valence-corrected chi connectivity index (χ4v) is 3.46. The van der Waals surface area contributed by atoms with Gasteiger partial charge in [-0.2, -0.15) is 0 Å². The van der Waals surface area contributed by atoms with Gasteiger partial charge in [0.1, 0.15) is 0 Å². The quantitative estimate of drug-likeness (QED) is 0.620. The van der Waals surface area contributed by atoms with Crippen molar-refractivity contribution in [2.75, 3.05) is 33.0 Å². The van der Waals surface area contributed by atoms with Crippen molar-refractivity contribution in [2.45, 2.75) is 32.1 Å². The van der Waals surface area contributed by atoms with Gasteiger partial charge >= 0.3 is 0 Å². The molecule has 136 valence electrons. The highest BCUT2D eigenvalue weighted by atomic mass is 35.5. The van der Waals surface area contributed by atoms with Gasteiger partial charge in [-0.1, -0.05) is 24.4 Å². The zero-order valence-corrected chi connectivity index (χ0v) is 15.2. The molecule has 1 aromatic rings. The number of benzene rings is 1. The van der Waals surface area contributed by atoms with E-state index in [0.717, 1.165) is 18.5 Å². The molecule has 6 heteroatoms. The summed E-state index contributed by atoms with van der Waals surface area (Å²) in [5, 5.41) is 3.43. The Labute approximate surface area is 153 Å². The summed E-state index contributed by atoms with van der Waals surface area (Å²) in [4.78, 5) is 14.4. The van der Waals surface area contributed by atoms with Gasteiger partial charge in [-0.15, -0.1) is 0 Å². The van der Waals surface area contributed by atoms with Gasteiger partial charge < -0.3 is 19.7 Å². The molecule has 25 heavy (non-hydrogen) atoms. The normalized spacial score (nSPS) is 17.6. The Morgan fingerprint density at radius 1 is 1.20 bits per heavy atom. The molecule has 0 atom stereocenters. The minimum absolute atomic E-state index is 0.0929. The zero-order chi connectivity index (χ0) is 17.5. The lowest BCUT2D eigenvalue weighted by Crippen LogP contribution is -2.30. The van der Waals surface area contributed by atoms with Gasteiger partial charge in [0, 0.05) is 12.6 Å². The lowest BCUT2D eigenvalue weighted by atomic mass is 10.2. The third kappa shape index (κ3) is 5.38. The largest absolute Gasteiger partial charge is 0.454 e. The number of carbonyl (C=O) groups excluding carboxylic acids is 1. The second kappa shape index (κ2) is 9.11. The fraction of sp³-hybridized carbons (Fsp3) is 0.526. The van der Waals surface area contributed by atoms with Crippen molar-refractivity contribution in [3.05, 3.63) is 28.8 Å². The third-order valence-electron chi connectivity index (χ3n) is 4.53. The molecule has 1 aromatic carbocycles. The molecule has 5 nitrogen and oxygen atoms in total. The monoisotopic (exact) mass is 364 g/mol. The predicted molar refractivity (Wildman–Crippen MR) is 99.1 cm³/mol. The highest BCUT2D eigenvalue weighted by Gasteiger charge is 2.17. The van der Waals surface area contributed by atoms with Crippen LogP contribution in [0.1, 0.15) is 37.7 Å². The molecule has 3 rings (SSSR count). The maximum Gasteiger partial charge on any atom is 0.243 e. The fourth-order valence-electron chi connectivity index (χ4n) is 3.19. The molecule has 1 saturated heterocycles. The molecule has 1 N–H and O–H groups in total. The summed E-state index contributed by atoms with van der Waals surface area (Å²) >= 11 is 6.13. The van der Waals surface area contributed by atoms with E-state index in [9.17, 15) is 4.79 Å². The van der Waals surface area contributed by atoms with Gasteiger partial charge in [0.15, 0.2) is 11.5 Å². The van der Waals surface area contributed by atoms with E-state index in [0.29, 0.717) is 23.1 Å². The van der Waals surface area contributed by atoms with E-state index >= 15 is 0 Å². The molecule has 2 aliphatic rings. The van der Waals surface area contributed by atoms with Gasteiger partial charge in [0.05, 0.1) is 5.02 Å². The SMILES string of the molecule is O=C(/C=C/c1cc(Cl)c2c(c1)OCO2)NCCCN1CCCCCC1. The van der Waals surface area contributed by atoms with Crippen LogP contribution in [0, 0.1) is 0 Å². The first-order chi connectivity index (χ1) is 12.2. The van der Waals surface area contributed by atoms with E-state index in [1.165, 1.54) is 44.8 Å². The maximum atomic E-state index is 11.9. The van der Waals surface area contributed by atoms with Crippen LogP contribution < -0.4 is 14.8 Å². The van der Waals surface area contributed by atoms with Crippen molar-refractivity contribution < 1.29 is 14.3 Å². The molecule has 2 heterocycles. The number of carbonyl (C=O) groups is 1. The Bertz CT molecular complexity index is 625. The first-order valence-electron chi connectivity index (χ1n) is 9.00. The van der Waals surface area contributed by atoms with Crippen LogP contribution in [-0.4, -0.2) is 43.8 Å². The predicted octanol–water partition coefficient (Wildman–Crippen LogP) is 3.46. The van der Waals surface area contributed by atoms with E-state index in [2.05, 4.69) is 10.2 Å². The first kappa shape index (κ1) is 18.1. The number of hydrogen-bond donors (Lipinski definition) is 1. The van der Waals surface area contributed by atoms with Gasteiger partial charge in [-0.3, -0.25) is 4.79 Å². The van der Waals surface area contributed by atoms with Crippen molar-refractivity contribution in [1.29, 1.82) is 0 Å². The van der Waals surface area contributed by atoms with E-state index in [-0.39, 0.29) is 12.7 Å². The second-order valence-electron chi connectivity index (χ2n) is 6.47. The van der Waals surface area contributed by atoms with Gasteiger partial charge in [-0.25, -0.2) is 0 Å². The summed E-state index contributed by atoms with van der Waals surface area (Å²) in [6, 6.07) is 3.58. The number of nitrogens with one attached hydrogen (secondary N) is 1. The zero-order valence-electron chi connectivity index (χ0n) is 14.4. The molecule has 0 radical (unpaired) electrons.